The van der Waals surface area contributed by atoms with Gasteiger partial charge in [-0.05, 0) is 63.6 Å². The third kappa shape index (κ3) is 5.94. The SMILES string of the molecule is CC1CN(CCC2CCN(C(=O)CCc3ccccc3N)CC2)CC(C)O1. The van der Waals surface area contributed by atoms with Gasteiger partial charge in [-0.2, -0.15) is 0 Å². The maximum absolute atomic E-state index is 12.5. The second-order valence-electron chi connectivity index (χ2n) is 8.33. The molecule has 1 aromatic carbocycles. The number of aryl methyl sites for hydroxylation is 1. The van der Waals surface area contributed by atoms with Crippen LogP contribution in [0.5, 0.6) is 0 Å². The molecule has 1 amide bonds. The summed E-state index contributed by atoms with van der Waals surface area (Å²) >= 11 is 0. The van der Waals surface area contributed by atoms with Crippen LogP contribution in [-0.2, 0) is 16.0 Å². The number of ether oxygens (including phenoxy) is 1. The van der Waals surface area contributed by atoms with Gasteiger partial charge in [0.05, 0.1) is 12.2 Å². The first-order chi connectivity index (χ1) is 13.0. The van der Waals surface area contributed by atoms with E-state index >= 15 is 0 Å². The van der Waals surface area contributed by atoms with Crippen molar-refractivity contribution in [3.8, 4) is 0 Å². The van der Waals surface area contributed by atoms with Crippen molar-refractivity contribution in [3.63, 3.8) is 0 Å². The zero-order valence-corrected chi connectivity index (χ0v) is 16.9. The highest BCUT2D eigenvalue weighted by Gasteiger charge is 2.25. The van der Waals surface area contributed by atoms with E-state index in [1.165, 1.54) is 6.42 Å². The smallest absolute Gasteiger partial charge is 0.222 e. The van der Waals surface area contributed by atoms with E-state index in [4.69, 9.17) is 10.5 Å². The van der Waals surface area contributed by atoms with Crippen LogP contribution in [0.25, 0.3) is 0 Å². The molecule has 3 rings (SSSR count). The molecule has 2 aliphatic heterocycles. The van der Waals surface area contributed by atoms with E-state index in [0.717, 1.165) is 69.2 Å². The van der Waals surface area contributed by atoms with Crippen LogP contribution in [0.3, 0.4) is 0 Å². The number of carbonyl (C=O) groups excluding carboxylic acids is 1. The Hall–Kier alpha value is -1.59. The van der Waals surface area contributed by atoms with Crippen molar-refractivity contribution in [3.05, 3.63) is 29.8 Å². The number of rotatable bonds is 6. The van der Waals surface area contributed by atoms with Crippen molar-refractivity contribution in [2.75, 3.05) is 38.5 Å². The molecule has 5 nitrogen and oxygen atoms in total. The summed E-state index contributed by atoms with van der Waals surface area (Å²) < 4.78 is 5.82. The van der Waals surface area contributed by atoms with Crippen molar-refractivity contribution in [2.24, 2.45) is 5.92 Å². The number of para-hydroxylation sites is 1. The first-order valence-corrected chi connectivity index (χ1v) is 10.5. The number of morpholine rings is 1. The fraction of sp³-hybridized carbons (Fsp3) is 0.682. The third-order valence-electron chi connectivity index (χ3n) is 5.98. The third-order valence-corrected chi connectivity index (χ3v) is 5.98. The Kier molecular flexibility index (Phi) is 7.13. The van der Waals surface area contributed by atoms with Crippen LogP contribution in [0.2, 0.25) is 0 Å². The molecule has 2 fully saturated rings. The molecule has 0 bridgehead atoms. The van der Waals surface area contributed by atoms with Gasteiger partial charge in [0.2, 0.25) is 5.91 Å². The van der Waals surface area contributed by atoms with E-state index in [0.29, 0.717) is 18.6 Å². The molecule has 2 atom stereocenters. The average Bonchev–Trinajstić information content (AvgIpc) is 2.65. The zero-order valence-electron chi connectivity index (χ0n) is 16.9. The number of likely N-dealkylation sites (tertiary alicyclic amines) is 1. The predicted molar refractivity (Wildman–Crippen MR) is 110 cm³/mol. The molecule has 2 saturated heterocycles. The van der Waals surface area contributed by atoms with Crippen LogP contribution < -0.4 is 5.73 Å². The molecule has 2 heterocycles. The number of nitrogen functional groups attached to an aromatic ring is 1. The number of anilines is 1. The van der Waals surface area contributed by atoms with E-state index in [-0.39, 0.29) is 5.91 Å². The Morgan fingerprint density at radius 2 is 1.81 bits per heavy atom. The monoisotopic (exact) mass is 373 g/mol. The molecule has 150 valence electrons. The lowest BCUT2D eigenvalue weighted by atomic mass is 9.93. The number of nitrogens with two attached hydrogens (primary N) is 1. The van der Waals surface area contributed by atoms with Gasteiger partial charge < -0.3 is 15.4 Å². The van der Waals surface area contributed by atoms with Gasteiger partial charge in [-0.15, -0.1) is 0 Å². The number of benzene rings is 1. The summed E-state index contributed by atoms with van der Waals surface area (Å²) in [5, 5.41) is 0. The van der Waals surface area contributed by atoms with Crippen molar-refractivity contribution < 1.29 is 9.53 Å². The predicted octanol–water partition coefficient (Wildman–Crippen LogP) is 2.94. The quantitative estimate of drug-likeness (QED) is 0.779. The summed E-state index contributed by atoms with van der Waals surface area (Å²) in [5.41, 5.74) is 7.84. The van der Waals surface area contributed by atoms with Gasteiger partial charge in [-0.25, -0.2) is 0 Å². The number of carbonyl (C=O) groups is 1. The summed E-state index contributed by atoms with van der Waals surface area (Å²) in [6.07, 6.45) is 5.48. The van der Waals surface area contributed by atoms with Gasteiger partial charge in [0.15, 0.2) is 0 Å². The minimum Gasteiger partial charge on any atom is -0.399 e. The zero-order chi connectivity index (χ0) is 19.2. The Bertz CT molecular complexity index is 603. The molecule has 2 unspecified atom stereocenters. The second kappa shape index (κ2) is 9.56. The molecular formula is C22H35N3O2. The summed E-state index contributed by atoms with van der Waals surface area (Å²) in [4.78, 5) is 17.1. The lowest BCUT2D eigenvalue weighted by Gasteiger charge is -2.37. The molecule has 1 aromatic rings. The van der Waals surface area contributed by atoms with Crippen LogP contribution in [-0.4, -0.2) is 60.6 Å². The largest absolute Gasteiger partial charge is 0.399 e. The molecule has 0 saturated carbocycles. The highest BCUT2D eigenvalue weighted by Crippen LogP contribution is 2.23. The normalized spacial score (nSPS) is 24.9. The second-order valence-corrected chi connectivity index (χ2v) is 8.33. The Labute approximate surface area is 163 Å². The fourth-order valence-corrected chi connectivity index (χ4v) is 4.46. The molecule has 27 heavy (non-hydrogen) atoms. The van der Waals surface area contributed by atoms with E-state index in [2.05, 4.69) is 23.6 Å². The van der Waals surface area contributed by atoms with E-state index in [1.54, 1.807) is 0 Å². The highest BCUT2D eigenvalue weighted by atomic mass is 16.5. The Morgan fingerprint density at radius 1 is 1.15 bits per heavy atom. The minimum absolute atomic E-state index is 0.271. The van der Waals surface area contributed by atoms with E-state index in [9.17, 15) is 4.79 Å². The number of hydrogen-bond acceptors (Lipinski definition) is 4. The van der Waals surface area contributed by atoms with Crippen molar-refractivity contribution in [1.29, 1.82) is 0 Å². The molecule has 5 heteroatoms. The highest BCUT2D eigenvalue weighted by molar-refractivity contribution is 5.76. The van der Waals surface area contributed by atoms with E-state index < -0.39 is 0 Å². The maximum Gasteiger partial charge on any atom is 0.222 e. The van der Waals surface area contributed by atoms with Gasteiger partial charge >= 0.3 is 0 Å². The summed E-state index contributed by atoms with van der Waals surface area (Å²) in [6.45, 7) is 9.39. The molecular weight excluding hydrogens is 338 g/mol. The van der Waals surface area contributed by atoms with Crippen LogP contribution in [0.1, 0.15) is 45.1 Å². The molecule has 2 aliphatic rings. The van der Waals surface area contributed by atoms with Gasteiger partial charge in [0.1, 0.15) is 0 Å². The average molecular weight is 374 g/mol. The van der Waals surface area contributed by atoms with Crippen molar-refractivity contribution in [2.45, 2.75) is 58.2 Å². The lowest BCUT2D eigenvalue weighted by molar-refractivity contribution is -0.132. The first-order valence-electron chi connectivity index (χ1n) is 10.5. The minimum atomic E-state index is 0.271. The van der Waals surface area contributed by atoms with E-state index in [1.807, 2.05) is 24.3 Å². The summed E-state index contributed by atoms with van der Waals surface area (Å²) in [7, 11) is 0. The number of amides is 1. The number of hydrogen-bond donors (Lipinski definition) is 1. The van der Waals surface area contributed by atoms with Crippen LogP contribution in [0.4, 0.5) is 5.69 Å². The molecule has 0 radical (unpaired) electrons. The van der Waals surface area contributed by atoms with Gasteiger partial charge in [0.25, 0.3) is 0 Å². The first kappa shape index (κ1) is 20.2. The maximum atomic E-state index is 12.5. The Balaban J connectivity index is 1.36. The van der Waals surface area contributed by atoms with Crippen LogP contribution in [0.15, 0.2) is 24.3 Å². The van der Waals surface area contributed by atoms with Gasteiger partial charge in [-0.1, -0.05) is 18.2 Å². The van der Waals surface area contributed by atoms with Crippen molar-refractivity contribution >= 4 is 11.6 Å². The lowest BCUT2D eigenvalue weighted by Crippen LogP contribution is -2.46. The van der Waals surface area contributed by atoms with Crippen LogP contribution in [0, 0.1) is 5.92 Å². The van der Waals surface area contributed by atoms with Gasteiger partial charge in [0, 0.05) is 38.3 Å². The number of nitrogens with zero attached hydrogens (tertiary/aromatic N) is 2. The molecule has 0 aliphatic carbocycles. The molecule has 0 aromatic heterocycles. The number of piperidine rings is 1. The standard InChI is InChI=1S/C22H35N3O2/c1-17-15-24(16-18(2)27-17)12-9-19-10-13-25(14-11-19)22(26)8-7-20-5-3-4-6-21(20)23/h3-6,17-19H,7-16,23H2,1-2H3. The van der Waals surface area contributed by atoms with Crippen LogP contribution >= 0.6 is 0 Å². The van der Waals surface area contributed by atoms with Gasteiger partial charge in [-0.3, -0.25) is 9.69 Å². The summed E-state index contributed by atoms with van der Waals surface area (Å²) in [5.74, 6) is 1.01. The van der Waals surface area contributed by atoms with Crippen molar-refractivity contribution in [1.82, 2.24) is 9.80 Å². The molecule has 0 spiro atoms. The topological polar surface area (TPSA) is 58.8 Å². The fourth-order valence-electron chi connectivity index (χ4n) is 4.46. The molecule has 2 N–H and O–H groups in total. The Morgan fingerprint density at radius 3 is 2.48 bits per heavy atom. The summed E-state index contributed by atoms with van der Waals surface area (Å²) in [6, 6.07) is 7.84.